The molecule has 1 aliphatic heterocycles. The number of carbonyl (C=O) groups excluding carboxylic acids is 2. The summed E-state index contributed by atoms with van der Waals surface area (Å²) in [6.45, 7) is 0. The zero-order valence-corrected chi connectivity index (χ0v) is 18.6. The number of aromatic hydroxyl groups is 1. The highest BCUT2D eigenvalue weighted by Gasteiger charge is 2.33. The van der Waals surface area contributed by atoms with Gasteiger partial charge >= 0.3 is 11.9 Å². The van der Waals surface area contributed by atoms with Crippen molar-refractivity contribution in [2.24, 2.45) is 0 Å². The van der Waals surface area contributed by atoms with Crippen molar-refractivity contribution in [2.75, 3.05) is 7.11 Å². The van der Waals surface area contributed by atoms with Crippen molar-refractivity contribution < 1.29 is 28.6 Å². The van der Waals surface area contributed by atoms with E-state index in [1.165, 1.54) is 19.4 Å². The van der Waals surface area contributed by atoms with Crippen LogP contribution >= 0.6 is 11.6 Å². The van der Waals surface area contributed by atoms with E-state index < -0.39 is 23.3 Å². The third kappa shape index (κ3) is 3.60. The minimum atomic E-state index is -0.518. The fourth-order valence-corrected chi connectivity index (χ4v) is 4.34. The van der Waals surface area contributed by atoms with Gasteiger partial charge in [0, 0.05) is 22.6 Å². The van der Waals surface area contributed by atoms with Gasteiger partial charge in [0.15, 0.2) is 0 Å². The molecule has 0 radical (unpaired) electrons. The zero-order chi connectivity index (χ0) is 24.0. The molecular weight excluding hydrogens is 460 g/mol. The van der Waals surface area contributed by atoms with Gasteiger partial charge in [0.05, 0.1) is 24.7 Å². The molecule has 0 amide bonds. The van der Waals surface area contributed by atoms with Gasteiger partial charge in [-0.1, -0.05) is 35.9 Å². The summed E-state index contributed by atoms with van der Waals surface area (Å²) < 4.78 is 16.0. The number of phenols is 1. The number of methoxy groups -OCH3 is 1. The van der Waals surface area contributed by atoms with Crippen LogP contribution in [0.3, 0.4) is 0 Å². The van der Waals surface area contributed by atoms with Gasteiger partial charge in [-0.2, -0.15) is 0 Å². The van der Waals surface area contributed by atoms with Crippen LogP contribution in [-0.2, 0) is 9.53 Å². The molecule has 3 aromatic carbocycles. The first kappa shape index (κ1) is 21.7. The third-order valence-corrected chi connectivity index (χ3v) is 6.11. The maximum Gasteiger partial charge on any atom is 0.337 e. The molecule has 0 bridgehead atoms. The molecule has 0 aliphatic carbocycles. The Balaban J connectivity index is 1.70. The van der Waals surface area contributed by atoms with Gasteiger partial charge in [0.1, 0.15) is 28.7 Å². The first-order valence-electron chi connectivity index (χ1n) is 10.3. The molecule has 0 unspecified atom stereocenters. The Bertz CT molecular complexity index is 1500. The van der Waals surface area contributed by atoms with Crippen molar-refractivity contribution in [1.82, 2.24) is 0 Å². The SMILES string of the molecule is COC(=O)c1ccc([C@@H]2CC(=O)Oc3cc(O)c4c(=O)c(-c5ccc(Cl)cc5)coc4c32)cc1. The van der Waals surface area contributed by atoms with E-state index in [1.54, 1.807) is 48.5 Å². The summed E-state index contributed by atoms with van der Waals surface area (Å²) in [5.41, 5.74) is 2.08. The summed E-state index contributed by atoms with van der Waals surface area (Å²) in [6.07, 6.45) is 1.31. The summed E-state index contributed by atoms with van der Waals surface area (Å²) in [7, 11) is 1.29. The summed E-state index contributed by atoms with van der Waals surface area (Å²) in [6, 6.07) is 14.5. The lowest BCUT2D eigenvalue weighted by Crippen LogP contribution is -2.22. The Morgan fingerprint density at radius 1 is 1.09 bits per heavy atom. The Kier molecular flexibility index (Phi) is 5.34. The van der Waals surface area contributed by atoms with E-state index in [-0.39, 0.29) is 34.5 Å². The van der Waals surface area contributed by atoms with E-state index >= 15 is 0 Å². The molecule has 8 heteroatoms. The summed E-state index contributed by atoms with van der Waals surface area (Å²) in [4.78, 5) is 37.5. The van der Waals surface area contributed by atoms with E-state index in [4.69, 9.17) is 25.5 Å². The number of benzene rings is 3. The van der Waals surface area contributed by atoms with Crippen molar-refractivity contribution in [1.29, 1.82) is 0 Å². The van der Waals surface area contributed by atoms with Gasteiger partial charge < -0.3 is 19.0 Å². The molecule has 0 saturated carbocycles. The molecule has 170 valence electrons. The second-order valence-electron chi connectivity index (χ2n) is 7.84. The Hall–Kier alpha value is -4.10. The number of esters is 2. The highest BCUT2D eigenvalue weighted by Crippen LogP contribution is 2.45. The first-order chi connectivity index (χ1) is 16.4. The van der Waals surface area contributed by atoms with Crippen LogP contribution in [0.4, 0.5) is 0 Å². The second-order valence-corrected chi connectivity index (χ2v) is 8.28. The number of ether oxygens (including phenoxy) is 2. The predicted octanol–water partition coefficient (Wildman–Crippen LogP) is 5.05. The van der Waals surface area contributed by atoms with Gasteiger partial charge in [-0.05, 0) is 35.4 Å². The Morgan fingerprint density at radius 3 is 2.47 bits per heavy atom. The Morgan fingerprint density at radius 2 is 1.79 bits per heavy atom. The molecule has 4 aromatic rings. The van der Waals surface area contributed by atoms with Crippen molar-refractivity contribution in [3.05, 3.63) is 92.8 Å². The van der Waals surface area contributed by atoms with Crippen molar-refractivity contribution in [3.63, 3.8) is 0 Å². The van der Waals surface area contributed by atoms with Crippen LogP contribution in [0.5, 0.6) is 11.5 Å². The van der Waals surface area contributed by atoms with Crippen LogP contribution < -0.4 is 10.2 Å². The molecule has 0 fully saturated rings. The van der Waals surface area contributed by atoms with Crippen LogP contribution in [0.15, 0.2) is 70.1 Å². The molecular formula is C26H17ClO7. The number of halogens is 1. The molecule has 34 heavy (non-hydrogen) atoms. The summed E-state index contributed by atoms with van der Waals surface area (Å²) >= 11 is 5.95. The molecule has 5 rings (SSSR count). The zero-order valence-electron chi connectivity index (χ0n) is 17.8. The molecule has 0 saturated heterocycles. The summed E-state index contributed by atoms with van der Waals surface area (Å²) in [5, 5.41) is 11.2. The minimum Gasteiger partial charge on any atom is -0.507 e. The van der Waals surface area contributed by atoms with E-state index in [2.05, 4.69) is 0 Å². The van der Waals surface area contributed by atoms with Gasteiger partial charge in [-0.3, -0.25) is 9.59 Å². The quantitative estimate of drug-likeness (QED) is 0.326. The molecule has 7 nitrogen and oxygen atoms in total. The van der Waals surface area contributed by atoms with Gasteiger partial charge in [0.25, 0.3) is 0 Å². The average Bonchev–Trinajstić information content (AvgIpc) is 2.83. The van der Waals surface area contributed by atoms with Gasteiger partial charge in [-0.15, -0.1) is 0 Å². The largest absolute Gasteiger partial charge is 0.507 e. The lowest BCUT2D eigenvalue weighted by molar-refractivity contribution is -0.135. The standard InChI is InChI=1S/C26H17ClO7/c1-32-26(31)15-4-2-13(3-5-15)17-10-21(29)34-20-11-19(28)23-24(30)18(12-33-25(23)22(17)20)14-6-8-16(27)9-7-14/h2-9,11-12,17,28H,10H2,1H3/t17-/m0/s1. The predicted molar refractivity (Wildman–Crippen MR) is 124 cm³/mol. The number of hydrogen-bond donors (Lipinski definition) is 1. The smallest absolute Gasteiger partial charge is 0.337 e. The van der Waals surface area contributed by atoms with E-state index in [1.807, 2.05) is 0 Å². The van der Waals surface area contributed by atoms with Crippen LogP contribution in [0.25, 0.3) is 22.1 Å². The van der Waals surface area contributed by atoms with Crippen LogP contribution in [0, 0.1) is 0 Å². The minimum absolute atomic E-state index is 0.00685. The fraction of sp³-hybridized carbons (Fsp3) is 0.115. The van der Waals surface area contributed by atoms with E-state index in [0.717, 1.165) is 0 Å². The number of carbonyl (C=O) groups is 2. The maximum absolute atomic E-state index is 13.4. The number of fused-ring (bicyclic) bond motifs is 3. The highest BCUT2D eigenvalue weighted by molar-refractivity contribution is 6.30. The molecule has 1 aromatic heterocycles. The fourth-order valence-electron chi connectivity index (χ4n) is 4.21. The topological polar surface area (TPSA) is 103 Å². The van der Waals surface area contributed by atoms with Gasteiger partial charge in [0.2, 0.25) is 5.43 Å². The lowest BCUT2D eigenvalue weighted by atomic mass is 9.84. The number of phenolic OH excluding ortho intramolecular Hbond substituents is 1. The molecule has 1 aliphatic rings. The maximum atomic E-state index is 13.4. The number of hydrogen-bond acceptors (Lipinski definition) is 7. The van der Waals surface area contributed by atoms with Crippen molar-refractivity contribution in [2.45, 2.75) is 12.3 Å². The Labute approximate surface area is 198 Å². The second kappa shape index (κ2) is 8.35. The summed E-state index contributed by atoms with van der Waals surface area (Å²) in [5.74, 6) is -1.73. The highest BCUT2D eigenvalue weighted by atomic mass is 35.5. The third-order valence-electron chi connectivity index (χ3n) is 5.86. The molecule has 0 spiro atoms. The molecule has 1 atom stereocenters. The van der Waals surface area contributed by atoms with E-state index in [9.17, 15) is 19.5 Å². The van der Waals surface area contributed by atoms with Crippen molar-refractivity contribution >= 4 is 34.5 Å². The normalized spacial score (nSPS) is 15.0. The van der Waals surface area contributed by atoms with Gasteiger partial charge in [-0.25, -0.2) is 4.79 Å². The van der Waals surface area contributed by atoms with Crippen LogP contribution in [-0.4, -0.2) is 24.2 Å². The molecule has 2 heterocycles. The average molecular weight is 477 g/mol. The number of rotatable bonds is 3. The van der Waals surface area contributed by atoms with Crippen LogP contribution in [0.1, 0.15) is 33.8 Å². The molecule has 1 N–H and O–H groups in total. The van der Waals surface area contributed by atoms with Crippen molar-refractivity contribution in [3.8, 4) is 22.6 Å². The lowest BCUT2D eigenvalue weighted by Gasteiger charge is -2.26. The van der Waals surface area contributed by atoms with Crippen LogP contribution in [0.2, 0.25) is 5.02 Å². The first-order valence-corrected chi connectivity index (χ1v) is 10.7. The van der Waals surface area contributed by atoms with E-state index in [0.29, 0.717) is 27.3 Å². The monoisotopic (exact) mass is 476 g/mol.